The molecule has 0 atom stereocenters. The molecule has 0 radical (unpaired) electrons. The van der Waals surface area contributed by atoms with Gasteiger partial charge in [0.2, 0.25) is 5.91 Å². The molecule has 0 aliphatic carbocycles. The van der Waals surface area contributed by atoms with E-state index in [1.807, 2.05) is 45.0 Å². The van der Waals surface area contributed by atoms with E-state index in [-0.39, 0.29) is 11.3 Å². The van der Waals surface area contributed by atoms with Crippen molar-refractivity contribution in [1.29, 1.82) is 0 Å². The Hall–Kier alpha value is -1.51. The molecule has 3 nitrogen and oxygen atoms in total. The van der Waals surface area contributed by atoms with Crippen LogP contribution >= 0.6 is 0 Å². The highest BCUT2D eigenvalue weighted by atomic mass is 16.5. The van der Waals surface area contributed by atoms with E-state index >= 15 is 0 Å². The van der Waals surface area contributed by atoms with E-state index in [0.717, 1.165) is 24.5 Å². The van der Waals surface area contributed by atoms with Gasteiger partial charge in [-0.3, -0.25) is 4.79 Å². The van der Waals surface area contributed by atoms with Crippen LogP contribution in [0.15, 0.2) is 24.3 Å². The number of hydrogen-bond acceptors (Lipinski definition) is 2. The number of carbonyl (C=O) groups excluding carboxylic acids is 1. The van der Waals surface area contributed by atoms with E-state index in [0.29, 0.717) is 0 Å². The SMILES string of the molecule is CCCCCOc1ccc(NC(=O)C(C)(C)C)cc1. The minimum Gasteiger partial charge on any atom is -0.494 e. The average Bonchev–Trinajstić information content (AvgIpc) is 2.35. The van der Waals surface area contributed by atoms with E-state index in [2.05, 4.69) is 12.2 Å². The molecule has 106 valence electrons. The Morgan fingerprint density at radius 1 is 1.16 bits per heavy atom. The number of nitrogens with one attached hydrogen (secondary N) is 1. The van der Waals surface area contributed by atoms with Gasteiger partial charge in [0.05, 0.1) is 6.61 Å². The summed E-state index contributed by atoms with van der Waals surface area (Å²) in [5.41, 5.74) is 0.427. The predicted molar refractivity (Wildman–Crippen MR) is 79.5 cm³/mol. The number of anilines is 1. The van der Waals surface area contributed by atoms with Crippen LogP contribution in [0.25, 0.3) is 0 Å². The Morgan fingerprint density at radius 3 is 2.32 bits per heavy atom. The number of ether oxygens (including phenoxy) is 1. The highest BCUT2D eigenvalue weighted by molar-refractivity contribution is 5.94. The summed E-state index contributed by atoms with van der Waals surface area (Å²) in [6, 6.07) is 7.53. The summed E-state index contributed by atoms with van der Waals surface area (Å²) in [5, 5.41) is 2.89. The van der Waals surface area contributed by atoms with Gasteiger partial charge in [0, 0.05) is 11.1 Å². The number of carbonyl (C=O) groups is 1. The van der Waals surface area contributed by atoms with Crippen molar-refractivity contribution < 1.29 is 9.53 Å². The molecule has 1 rings (SSSR count). The fraction of sp³-hybridized carbons (Fsp3) is 0.562. The molecule has 1 aromatic rings. The molecular formula is C16H25NO2. The Kier molecular flexibility index (Phi) is 5.87. The van der Waals surface area contributed by atoms with Crippen LogP contribution in [0.1, 0.15) is 47.0 Å². The second kappa shape index (κ2) is 7.17. The van der Waals surface area contributed by atoms with Crippen LogP contribution in [0.2, 0.25) is 0 Å². The highest BCUT2D eigenvalue weighted by Crippen LogP contribution is 2.20. The third-order valence-electron chi connectivity index (χ3n) is 2.81. The maximum atomic E-state index is 11.8. The third kappa shape index (κ3) is 5.77. The van der Waals surface area contributed by atoms with Gasteiger partial charge in [-0.1, -0.05) is 40.5 Å². The molecule has 0 heterocycles. The van der Waals surface area contributed by atoms with Crippen molar-refractivity contribution in [1.82, 2.24) is 0 Å². The van der Waals surface area contributed by atoms with Gasteiger partial charge in [-0.05, 0) is 30.7 Å². The van der Waals surface area contributed by atoms with Crippen molar-refractivity contribution >= 4 is 11.6 Å². The van der Waals surface area contributed by atoms with Crippen molar-refractivity contribution in [3.8, 4) is 5.75 Å². The minimum atomic E-state index is -0.380. The first-order chi connectivity index (χ1) is 8.93. The first kappa shape index (κ1) is 15.5. The van der Waals surface area contributed by atoms with Gasteiger partial charge in [-0.2, -0.15) is 0 Å². The van der Waals surface area contributed by atoms with E-state index in [4.69, 9.17) is 4.74 Å². The van der Waals surface area contributed by atoms with Crippen LogP contribution in [0, 0.1) is 5.41 Å². The van der Waals surface area contributed by atoms with Crippen LogP contribution in [-0.2, 0) is 4.79 Å². The summed E-state index contributed by atoms with van der Waals surface area (Å²) in [4.78, 5) is 11.8. The second-order valence-corrected chi connectivity index (χ2v) is 5.78. The van der Waals surface area contributed by atoms with Crippen molar-refractivity contribution in [2.75, 3.05) is 11.9 Å². The molecule has 0 unspecified atom stereocenters. The van der Waals surface area contributed by atoms with Crippen LogP contribution in [0.5, 0.6) is 5.75 Å². The molecule has 1 amide bonds. The van der Waals surface area contributed by atoms with E-state index in [1.165, 1.54) is 12.8 Å². The fourth-order valence-corrected chi connectivity index (χ4v) is 1.50. The zero-order chi connectivity index (χ0) is 14.3. The number of unbranched alkanes of at least 4 members (excludes halogenated alkanes) is 2. The number of benzene rings is 1. The van der Waals surface area contributed by atoms with Crippen LogP contribution < -0.4 is 10.1 Å². The van der Waals surface area contributed by atoms with Crippen LogP contribution in [0.4, 0.5) is 5.69 Å². The fourth-order valence-electron chi connectivity index (χ4n) is 1.50. The van der Waals surface area contributed by atoms with Crippen LogP contribution in [0.3, 0.4) is 0 Å². The molecular weight excluding hydrogens is 238 g/mol. The molecule has 0 aliphatic heterocycles. The molecule has 0 fully saturated rings. The molecule has 3 heteroatoms. The zero-order valence-electron chi connectivity index (χ0n) is 12.5. The number of hydrogen-bond donors (Lipinski definition) is 1. The number of rotatable bonds is 6. The molecule has 0 bridgehead atoms. The van der Waals surface area contributed by atoms with Gasteiger partial charge in [-0.15, -0.1) is 0 Å². The van der Waals surface area contributed by atoms with E-state index < -0.39 is 0 Å². The Labute approximate surface area is 116 Å². The lowest BCUT2D eigenvalue weighted by Crippen LogP contribution is -2.27. The molecule has 0 saturated heterocycles. The van der Waals surface area contributed by atoms with Gasteiger partial charge in [-0.25, -0.2) is 0 Å². The summed E-state index contributed by atoms with van der Waals surface area (Å²) in [7, 11) is 0. The molecule has 19 heavy (non-hydrogen) atoms. The molecule has 0 aromatic heterocycles. The molecule has 1 N–H and O–H groups in total. The van der Waals surface area contributed by atoms with Gasteiger partial charge in [0.1, 0.15) is 5.75 Å². The highest BCUT2D eigenvalue weighted by Gasteiger charge is 2.20. The van der Waals surface area contributed by atoms with Crippen LogP contribution in [-0.4, -0.2) is 12.5 Å². The average molecular weight is 263 g/mol. The standard InChI is InChI=1S/C16H25NO2/c1-5-6-7-12-19-14-10-8-13(9-11-14)17-15(18)16(2,3)4/h8-11H,5-7,12H2,1-4H3,(H,17,18). The van der Waals surface area contributed by atoms with Crippen molar-refractivity contribution in [2.24, 2.45) is 5.41 Å². The van der Waals surface area contributed by atoms with E-state index in [1.54, 1.807) is 0 Å². The maximum absolute atomic E-state index is 11.8. The first-order valence-corrected chi connectivity index (χ1v) is 6.98. The quantitative estimate of drug-likeness (QED) is 0.780. The van der Waals surface area contributed by atoms with Gasteiger partial charge >= 0.3 is 0 Å². The summed E-state index contributed by atoms with van der Waals surface area (Å²) < 4.78 is 5.62. The minimum absolute atomic E-state index is 0.0177. The predicted octanol–water partition coefficient (Wildman–Crippen LogP) is 4.24. The van der Waals surface area contributed by atoms with Gasteiger partial charge in [0.25, 0.3) is 0 Å². The topological polar surface area (TPSA) is 38.3 Å². The Morgan fingerprint density at radius 2 is 1.79 bits per heavy atom. The zero-order valence-corrected chi connectivity index (χ0v) is 12.5. The first-order valence-electron chi connectivity index (χ1n) is 6.98. The lowest BCUT2D eigenvalue weighted by molar-refractivity contribution is -0.123. The normalized spacial score (nSPS) is 11.2. The Bertz CT molecular complexity index is 390. The molecule has 1 aromatic carbocycles. The number of amides is 1. The lowest BCUT2D eigenvalue weighted by Gasteiger charge is -2.17. The van der Waals surface area contributed by atoms with Crippen molar-refractivity contribution in [3.63, 3.8) is 0 Å². The Balaban J connectivity index is 2.45. The van der Waals surface area contributed by atoms with Gasteiger partial charge in [0.15, 0.2) is 0 Å². The molecule has 0 aliphatic rings. The smallest absolute Gasteiger partial charge is 0.229 e. The monoisotopic (exact) mass is 263 g/mol. The van der Waals surface area contributed by atoms with Gasteiger partial charge < -0.3 is 10.1 Å². The summed E-state index contributed by atoms with van der Waals surface area (Å²) in [6.45, 7) is 8.61. The van der Waals surface area contributed by atoms with E-state index in [9.17, 15) is 4.79 Å². The summed E-state index contributed by atoms with van der Waals surface area (Å²) >= 11 is 0. The largest absolute Gasteiger partial charge is 0.494 e. The molecule has 0 spiro atoms. The maximum Gasteiger partial charge on any atom is 0.229 e. The lowest BCUT2D eigenvalue weighted by atomic mass is 9.95. The third-order valence-corrected chi connectivity index (χ3v) is 2.81. The summed E-state index contributed by atoms with van der Waals surface area (Å²) in [6.07, 6.45) is 3.47. The van der Waals surface area contributed by atoms with Crippen molar-refractivity contribution in [3.05, 3.63) is 24.3 Å². The second-order valence-electron chi connectivity index (χ2n) is 5.78. The summed E-state index contributed by atoms with van der Waals surface area (Å²) in [5.74, 6) is 0.869. The van der Waals surface area contributed by atoms with Crippen molar-refractivity contribution in [2.45, 2.75) is 47.0 Å². The molecule has 0 saturated carbocycles.